The zero-order valence-electron chi connectivity index (χ0n) is 33.5. The number of ether oxygens (including phenoxy) is 2. The standard InChI is InChI=1S/C42H81NO10/c1-3-5-7-9-11-13-14-15-16-17-18-19-20-22-24-26-28-30-35(46)41(51)43-33(32-52-42-40(50)39(49)38(48)36(31-44)53-42)37(47)34(45)29-27-25-23-21-12-10-8-6-4-2/h21,23,33-40,42,44-50H,3-20,22,24-32H2,1-2H3,(H,43,51)/b23-21+. The summed E-state index contributed by atoms with van der Waals surface area (Å²) in [5, 5.41) is 75.2. The second-order valence-electron chi connectivity index (χ2n) is 15.4. The van der Waals surface area contributed by atoms with E-state index in [0.717, 1.165) is 38.5 Å². The van der Waals surface area contributed by atoms with Crippen LogP contribution in [0, 0.1) is 0 Å². The molecule has 1 saturated heterocycles. The Bertz CT molecular complexity index is 877. The summed E-state index contributed by atoms with van der Waals surface area (Å²) in [5.41, 5.74) is 0. The number of amides is 1. The van der Waals surface area contributed by atoms with Crippen molar-refractivity contribution in [3.8, 4) is 0 Å². The van der Waals surface area contributed by atoms with E-state index in [1.807, 2.05) is 0 Å². The predicted octanol–water partition coefficient (Wildman–Crippen LogP) is 6.11. The molecular formula is C42H81NO10. The Morgan fingerprint density at radius 3 is 1.62 bits per heavy atom. The molecule has 1 heterocycles. The first-order valence-electron chi connectivity index (χ1n) is 21.6. The van der Waals surface area contributed by atoms with Crippen LogP contribution in [0.2, 0.25) is 0 Å². The molecule has 1 amide bonds. The molecule has 0 radical (unpaired) electrons. The topological polar surface area (TPSA) is 189 Å². The molecule has 0 aliphatic carbocycles. The van der Waals surface area contributed by atoms with E-state index >= 15 is 0 Å². The number of rotatable bonds is 35. The van der Waals surface area contributed by atoms with Crippen molar-refractivity contribution in [3.05, 3.63) is 12.2 Å². The monoisotopic (exact) mass is 760 g/mol. The van der Waals surface area contributed by atoms with Gasteiger partial charge < -0.3 is 50.5 Å². The van der Waals surface area contributed by atoms with Gasteiger partial charge in [-0.05, 0) is 38.5 Å². The summed E-state index contributed by atoms with van der Waals surface area (Å²) in [7, 11) is 0. The van der Waals surface area contributed by atoms with E-state index in [-0.39, 0.29) is 12.8 Å². The van der Waals surface area contributed by atoms with Gasteiger partial charge in [0.25, 0.3) is 0 Å². The van der Waals surface area contributed by atoms with Gasteiger partial charge in [-0.1, -0.05) is 154 Å². The maximum absolute atomic E-state index is 13.0. The summed E-state index contributed by atoms with van der Waals surface area (Å²) in [6.07, 6.45) is 21.4. The molecule has 8 N–H and O–H groups in total. The number of nitrogens with one attached hydrogen (secondary N) is 1. The lowest BCUT2D eigenvalue weighted by molar-refractivity contribution is -0.303. The van der Waals surface area contributed by atoms with Crippen molar-refractivity contribution in [2.24, 2.45) is 0 Å². The normalized spacial score (nSPS) is 22.9. The SMILES string of the molecule is CCCCCC/C=C/CCCC(O)C(O)C(COC1OC(CO)C(O)C(O)C1O)NC(=O)C(O)CCCCCCCCCCCCCCCCCCC. The summed E-state index contributed by atoms with van der Waals surface area (Å²) in [6, 6.07) is -1.18. The van der Waals surface area contributed by atoms with Gasteiger partial charge in [0.2, 0.25) is 5.91 Å². The van der Waals surface area contributed by atoms with E-state index in [9.17, 15) is 40.5 Å². The van der Waals surface area contributed by atoms with E-state index < -0.39 is 74.2 Å². The van der Waals surface area contributed by atoms with E-state index in [2.05, 4.69) is 31.3 Å². The molecule has 1 rings (SSSR count). The zero-order chi connectivity index (χ0) is 39.1. The fourth-order valence-corrected chi connectivity index (χ4v) is 6.91. The second-order valence-corrected chi connectivity index (χ2v) is 15.4. The van der Waals surface area contributed by atoms with Gasteiger partial charge in [0, 0.05) is 0 Å². The number of unbranched alkanes of at least 4 members (excludes halogenated alkanes) is 21. The summed E-state index contributed by atoms with van der Waals surface area (Å²) >= 11 is 0. The van der Waals surface area contributed by atoms with Crippen molar-refractivity contribution in [2.45, 2.75) is 236 Å². The average Bonchev–Trinajstić information content (AvgIpc) is 3.16. The highest BCUT2D eigenvalue weighted by atomic mass is 16.7. The Hall–Kier alpha value is -1.15. The molecule has 11 nitrogen and oxygen atoms in total. The lowest BCUT2D eigenvalue weighted by atomic mass is 9.98. The third-order valence-electron chi connectivity index (χ3n) is 10.6. The highest BCUT2D eigenvalue weighted by Gasteiger charge is 2.44. The molecule has 9 unspecified atom stereocenters. The predicted molar refractivity (Wildman–Crippen MR) is 210 cm³/mol. The van der Waals surface area contributed by atoms with Crippen LogP contribution in [0.15, 0.2) is 12.2 Å². The largest absolute Gasteiger partial charge is 0.394 e. The molecule has 1 aliphatic rings. The van der Waals surface area contributed by atoms with Crippen LogP contribution in [0.5, 0.6) is 0 Å². The first kappa shape index (κ1) is 49.9. The van der Waals surface area contributed by atoms with Crippen molar-refractivity contribution < 1.29 is 50.0 Å². The highest BCUT2D eigenvalue weighted by molar-refractivity contribution is 5.80. The van der Waals surface area contributed by atoms with Crippen LogP contribution >= 0.6 is 0 Å². The number of hydrogen-bond donors (Lipinski definition) is 8. The summed E-state index contributed by atoms with van der Waals surface area (Å²) in [4.78, 5) is 13.0. The highest BCUT2D eigenvalue weighted by Crippen LogP contribution is 2.23. The molecule has 53 heavy (non-hydrogen) atoms. The van der Waals surface area contributed by atoms with E-state index in [1.54, 1.807) is 0 Å². The third-order valence-corrected chi connectivity index (χ3v) is 10.6. The van der Waals surface area contributed by atoms with Gasteiger partial charge in [-0.15, -0.1) is 0 Å². The Balaban J connectivity index is 2.46. The molecule has 0 bridgehead atoms. The quantitative estimate of drug-likeness (QED) is 0.0277. The fourth-order valence-electron chi connectivity index (χ4n) is 6.91. The van der Waals surface area contributed by atoms with Gasteiger partial charge in [-0.25, -0.2) is 0 Å². The first-order chi connectivity index (χ1) is 25.7. The molecule has 9 atom stereocenters. The van der Waals surface area contributed by atoms with Crippen LogP contribution in [0.1, 0.15) is 181 Å². The Morgan fingerprint density at radius 1 is 0.642 bits per heavy atom. The van der Waals surface area contributed by atoms with Crippen LogP contribution < -0.4 is 5.32 Å². The number of carbonyl (C=O) groups is 1. The number of allylic oxidation sites excluding steroid dienone is 2. The zero-order valence-corrected chi connectivity index (χ0v) is 33.5. The molecule has 0 aromatic carbocycles. The number of aliphatic hydroxyl groups is 7. The lowest BCUT2D eigenvalue weighted by Crippen LogP contribution is -2.60. The number of aliphatic hydroxyl groups excluding tert-OH is 7. The first-order valence-corrected chi connectivity index (χ1v) is 21.6. The van der Waals surface area contributed by atoms with E-state index in [0.29, 0.717) is 12.8 Å². The maximum Gasteiger partial charge on any atom is 0.249 e. The van der Waals surface area contributed by atoms with Crippen LogP contribution in [0.4, 0.5) is 0 Å². The smallest absolute Gasteiger partial charge is 0.249 e. The Labute approximate surface area is 322 Å². The van der Waals surface area contributed by atoms with Crippen molar-refractivity contribution in [2.75, 3.05) is 13.2 Å². The number of carbonyl (C=O) groups excluding carboxylic acids is 1. The summed E-state index contributed by atoms with van der Waals surface area (Å²) in [6.45, 7) is 3.37. The Kier molecular flexibility index (Phi) is 31.1. The van der Waals surface area contributed by atoms with Gasteiger partial charge in [0.15, 0.2) is 6.29 Å². The van der Waals surface area contributed by atoms with Gasteiger partial charge in [-0.3, -0.25) is 4.79 Å². The van der Waals surface area contributed by atoms with E-state index in [4.69, 9.17) is 9.47 Å². The Morgan fingerprint density at radius 2 is 1.11 bits per heavy atom. The van der Waals surface area contributed by atoms with Gasteiger partial charge in [-0.2, -0.15) is 0 Å². The minimum absolute atomic E-state index is 0.258. The number of hydrogen-bond acceptors (Lipinski definition) is 10. The minimum atomic E-state index is -1.66. The van der Waals surface area contributed by atoms with Gasteiger partial charge >= 0.3 is 0 Å². The minimum Gasteiger partial charge on any atom is -0.394 e. The molecule has 0 spiro atoms. The fraction of sp³-hybridized carbons (Fsp3) is 0.929. The van der Waals surface area contributed by atoms with E-state index in [1.165, 1.54) is 103 Å². The molecule has 1 aliphatic heterocycles. The molecule has 314 valence electrons. The third kappa shape index (κ3) is 23.5. The van der Waals surface area contributed by atoms with Crippen molar-refractivity contribution >= 4 is 5.91 Å². The summed E-state index contributed by atoms with van der Waals surface area (Å²) < 4.78 is 11.0. The molecule has 0 aromatic rings. The van der Waals surface area contributed by atoms with Crippen molar-refractivity contribution in [3.63, 3.8) is 0 Å². The van der Waals surface area contributed by atoms with Crippen LogP contribution in [-0.4, -0.2) is 110 Å². The van der Waals surface area contributed by atoms with Gasteiger partial charge in [0.1, 0.15) is 36.6 Å². The lowest BCUT2D eigenvalue weighted by Gasteiger charge is -2.40. The molecule has 0 saturated carbocycles. The summed E-state index contributed by atoms with van der Waals surface area (Å²) in [5.74, 6) is -0.707. The molecule has 0 aromatic heterocycles. The van der Waals surface area contributed by atoms with Crippen LogP contribution in [0.3, 0.4) is 0 Å². The van der Waals surface area contributed by atoms with Gasteiger partial charge in [0.05, 0.1) is 25.4 Å². The molecule has 11 heteroatoms. The van der Waals surface area contributed by atoms with Crippen molar-refractivity contribution in [1.29, 1.82) is 0 Å². The maximum atomic E-state index is 13.0. The molecular weight excluding hydrogens is 678 g/mol. The van der Waals surface area contributed by atoms with Crippen LogP contribution in [-0.2, 0) is 14.3 Å². The van der Waals surface area contributed by atoms with Crippen molar-refractivity contribution in [1.82, 2.24) is 5.32 Å². The second kappa shape index (κ2) is 33.0. The average molecular weight is 760 g/mol. The molecule has 1 fully saturated rings. The van der Waals surface area contributed by atoms with Crippen LogP contribution in [0.25, 0.3) is 0 Å².